The molecule has 0 radical (unpaired) electrons. The van der Waals surface area contributed by atoms with Crippen LogP contribution in [0, 0.1) is 5.92 Å². The molecule has 4 heteroatoms. The minimum atomic E-state index is -2.31. The smallest absolute Gasteiger partial charge is 0.250 e. The molecule has 0 aromatic rings. The standard InChI is InChI=1S/C13H22F2OSi/c1-13(2,3)17(4,5)16-11-8-6-7-10(9-11)12(14)15/h6,8-10,12H,7H2,1-5H3. The third kappa shape index (κ3) is 3.66. The number of alkyl halides is 2. The van der Waals surface area contributed by atoms with Gasteiger partial charge in [0.05, 0.1) is 5.76 Å². The van der Waals surface area contributed by atoms with E-state index in [4.69, 9.17) is 4.43 Å². The summed E-state index contributed by atoms with van der Waals surface area (Å²) in [7, 11) is -1.92. The van der Waals surface area contributed by atoms with Gasteiger partial charge in [-0.2, -0.15) is 0 Å². The summed E-state index contributed by atoms with van der Waals surface area (Å²) in [6.45, 7) is 10.6. The molecule has 0 heterocycles. The van der Waals surface area contributed by atoms with Crippen molar-refractivity contribution in [3.8, 4) is 0 Å². The quantitative estimate of drug-likeness (QED) is 0.666. The highest BCUT2D eigenvalue weighted by Crippen LogP contribution is 2.39. The predicted molar refractivity (Wildman–Crippen MR) is 69.6 cm³/mol. The Balaban J connectivity index is 2.78. The molecule has 0 N–H and O–H groups in total. The van der Waals surface area contributed by atoms with Crippen molar-refractivity contribution in [2.24, 2.45) is 5.92 Å². The lowest BCUT2D eigenvalue weighted by molar-refractivity contribution is 0.0990. The molecule has 1 aliphatic carbocycles. The average molecular weight is 260 g/mol. The lowest BCUT2D eigenvalue weighted by atomic mass is 10.0. The molecular weight excluding hydrogens is 238 g/mol. The Labute approximate surface area is 104 Å². The van der Waals surface area contributed by atoms with Crippen molar-refractivity contribution < 1.29 is 13.2 Å². The Hall–Kier alpha value is -0.643. The van der Waals surface area contributed by atoms with E-state index in [9.17, 15) is 8.78 Å². The van der Waals surface area contributed by atoms with Gasteiger partial charge in [-0.05, 0) is 36.7 Å². The zero-order valence-corrected chi connectivity index (χ0v) is 12.3. The molecule has 0 saturated heterocycles. The molecule has 0 amide bonds. The van der Waals surface area contributed by atoms with Crippen LogP contribution < -0.4 is 0 Å². The molecule has 0 bridgehead atoms. The number of hydrogen-bond acceptors (Lipinski definition) is 1. The molecule has 0 saturated carbocycles. The van der Waals surface area contributed by atoms with Gasteiger partial charge in [0, 0.05) is 5.92 Å². The van der Waals surface area contributed by atoms with Gasteiger partial charge >= 0.3 is 0 Å². The first-order valence-corrected chi connectivity index (χ1v) is 8.90. The summed E-state index contributed by atoms with van der Waals surface area (Å²) >= 11 is 0. The molecule has 1 aliphatic rings. The second-order valence-corrected chi connectivity index (χ2v) is 10.8. The van der Waals surface area contributed by atoms with Gasteiger partial charge in [0.25, 0.3) is 0 Å². The molecule has 1 rings (SSSR count). The Kier molecular flexibility index (Phi) is 4.18. The zero-order valence-electron chi connectivity index (χ0n) is 11.3. The molecule has 0 aromatic heterocycles. The van der Waals surface area contributed by atoms with Crippen molar-refractivity contribution in [1.29, 1.82) is 0 Å². The highest BCUT2D eigenvalue weighted by Gasteiger charge is 2.39. The van der Waals surface area contributed by atoms with E-state index < -0.39 is 20.7 Å². The molecule has 0 fully saturated rings. The molecule has 0 spiro atoms. The Morgan fingerprint density at radius 2 is 1.94 bits per heavy atom. The van der Waals surface area contributed by atoms with Crippen LogP contribution in [0.5, 0.6) is 0 Å². The molecule has 17 heavy (non-hydrogen) atoms. The second-order valence-electron chi connectivity index (χ2n) is 6.07. The van der Waals surface area contributed by atoms with Crippen LogP contribution in [-0.2, 0) is 4.43 Å². The van der Waals surface area contributed by atoms with E-state index in [1.165, 1.54) is 0 Å². The van der Waals surface area contributed by atoms with Gasteiger partial charge in [-0.1, -0.05) is 26.8 Å². The third-order valence-corrected chi connectivity index (χ3v) is 7.93. The number of hydrogen-bond donors (Lipinski definition) is 0. The third-order valence-electron chi connectivity index (χ3n) is 3.57. The maximum atomic E-state index is 12.6. The van der Waals surface area contributed by atoms with Crippen molar-refractivity contribution in [3.63, 3.8) is 0 Å². The van der Waals surface area contributed by atoms with Gasteiger partial charge in [-0.25, -0.2) is 8.78 Å². The summed E-state index contributed by atoms with van der Waals surface area (Å²) in [6, 6.07) is 0. The van der Waals surface area contributed by atoms with Gasteiger partial charge < -0.3 is 4.43 Å². The van der Waals surface area contributed by atoms with E-state index in [0.717, 1.165) is 0 Å². The first-order chi connectivity index (χ1) is 7.63. The fourth-order valence-corrected chi connectivity index (χ4v) is 2.40. The summed E-state index contributed by atoms with van der Waals surface area (Å²) in [5.74, 6) is -0.0760. The minimum Gasteiger partial charge on any atom is -0.544 e. The monoisotopic (exact) mass is 260 g/mol. The molecule has 1 unspecified atom stereocenters. The maximum absolute atomic E-state index is 12.6. The van der Waals surface area contributed by atoms with Crippen LogP contribution in [0.2, 0.25) is 18.1 Å². The molecule has 98 valence electrons. The summed E-state index contributed by atoms with van der Waals surface area (Å²) in [4.78, 5) is 0. The van der Waals surface area contributed by atoms with Crippen molar-refractivity contribution in [3.05, 3.63) is 24.0 Å². The zero-order chi connectivity index (χ0) is 13.3. The fraction of sp³-hybridized carbons (Fsp3) is 0.692. The van der Waals surface area contributed by atoms with E-state index in [0.29, 0.717) is 12.2 Å². The summed E-state index contributed by atoms with van der Waals surface area (Å²) in [5, 5.41) is 0.0828. The van der Waals surface area contributed by atoms with Crippen LogP contribution in [0.15, 0.2) is 24.0 Å². The minimum absolute atomic E-state index is 0.0828. The van der Waals surface area contributed by atoms with Crippen LogP contribution in [0.25, 0.3) is 0 Å². The summed E-state index contributed by atoms with van der Waals surface area (Å²) < 4.78 is 31.3. The van der Waals surface area contributed by atoms with Gasteiger partial charge in [-0.3, -0.25) is 0 Å². The molecule has 1 atom stereocenters. The van der Waals surface area contributed by atoms with Gasteiger partial charge in [-0.15, -0.1) is 0 Å². The van der Waals surface area contributed by atoms with Crippen LogP contribution >= 0.6 is 0 Å². The van der Waals surface area contributed by atoms with E-state index in [-0.39, 0.29) is 5.04 Å². The van der Waals surface area contributed by atoms with Gasteiger partial charge in [0.1, 0.15) is 0 Å². The van der Waals surface area contributed by atoms with Gasteiger partial charge in [0.15, 0.2) is 0 Å². The average Bonchev–Trinajstić information content (AvgIpc) is 2.15. The molecule has 0 aromatic carbocycles. The van der Waals surface area contributed by atoms with Crippen LogP contribution in [0.4, 0.5) is 8.78 Å². The first-order valence-electron chi connectivity index (χ1n) is 5.99. The van der Waals surface area contributed by atoms with Crippen LogP contribution in [0.3, 0.4) is 0 Å². The SMILES string of the molecule is CC(C)(C)[Si](C)(C)OC1=CC(C(F)F)CC=C1. The van der Waals surface area contributed by atoms with Crippen LogP contribution in [0.1, 0.15) is 27.2 Å². The van der Waals surface area contributed by atoms with Gasteiger partial charge in [0.2, 0.25) is 14.7 Å². The van der Waals surface area contributed by atoms with Crippen molar-refractivity contribution in [2.45, 2.75) is 51.7 Å². The van der Waals surface area contributed by atoms with Crippen molar-refractivity contribution in [1.82, 2.24) is 0 Å². The number of allylic oxidation sites excluding steroid dienone is 3. The maximum Gasteiger partial charge on any atom is 0.250 e. The van der Waals surface area contributed by atoms with Crippen molar-refractivity contribution >= 4 is 8.32 Å². The second kappa shape index (κ2) is 4.92. The van der Waals surface area contributed by atoms with E-state index in [2.05, 4.69) is 33.9 Å². The number of rotatable bonds is 3. The highest BCUT2D eigenvalue weighted by atomic mass is 28.4. The predicted octanol–water partition coefficient (Wildman–Crippen LogP) is 4.73. The lowest BCUT2D eigenvalue weighted by Crippen LogP contribution is -2.40. The molecule has 1 nitrogen and oxygen atoms in total. The van der Waals surface area contributed by atoms with E-state index in [1.54, 1.807) is 12.2 Å². The normalized spacial score (nSPS) is 21.6. The first kappa shape index (κ1) is 14.4. The van der Waals surface area contributed by atoms with Crippen LogP contribution in [-0.4, -0.2) is 14.7 Å². The summed E-state index contributed by atoms with van der Waals surface area (Å²) in [5.41, 5.74) is 0. The lowest BCUT2D eigenvalue weighted by Gasteiger charge is -2.37. The largest absolute Gasteiger partial charge is 0.544 e. The Morgan fingerprint density at radius 3 is 2.41 bits per heavy atom. The van der Waals surface area contributed by atoms with E-state index >= 15 is 0 Å². The molecule has 0 aliphatic heterocycles. The molecular formula is C13H22F2OSi. The fourth-order valence-electron chi connectivity index (χ4n) is 1.37. The Bertz CT molecular complexity index is 327. The highest BCUT2D eigenvalue weighted by molar-refractivity contribution is 6.74. The Morgan fingerprint density at radius 1 is 1.35 bits per heavy atom. The summed E-state index contributed by atoms with van der Waals surface area (Å²) in [6.07, 6.45) is 3.27. The van der Waals surface area contributed by atoms with E-state index in [1.807, 2.05) is 6.08 Å². The number of halogens is 2. The topological polar surface area (TPSA) is 9.23 Å². The van der Waals surface area contributed by atoms with Crippen molar-refractivity contribution in [2.75, 3.05) is 0 Å².